The average Bonchev–Trinajstić information content (AvgIpc) is 2.52. The number of hydrogen-bond donors (Lipinski definition) is 3. The van der Waals surface area contributed by atoms with E-state index in [1.165, 1.54) is 24.4 Å². The number of nitrogens with zero attached hydrogens (tertiary/aromatic N) is 1. The van der Waals surface area contributed by atoms with Crippen LogP contribution in [-0.4, -0.2) is 10.9 Å². The number of carbonyl (C=O) groups is 1. The minimum absolute atomic E-state index is 0.143. The molecule has 0 atom stereocenters. The highest BCUT2D eigenvalue weighted by Gasteiger charge is 2.30. The largest absolute Gasteiger partial charge is 0.416 e. The number of carbonyl (C=O) groups excluding carboxylic acids is 1. The average molecular weight is 310 g/mol. The Hall–Kier alpha value is -2.61. The molecule has 116 valence electrons. The summed E-state index contributed by atoms with van der Waals surface area (Å²) in [7, 11) is 0. The molecule has 0 spiro atoms. The van der Waals surface area contributed by atoms with Crippen LogP contribution in [0.5, 0.6) is 0 Å². The van der Waals surface area contributed by atoms with Crippen LogP contribution in [0, 0.1) is 0 Å². The fraction of sp³-hybridized carbons (Fsp3) is 0.143. The number of halogens is 3. The first-order chi connectivity index (χ1) is 10.4. The zero-order valence-corrected chi connectivity index (χ0v) is 11.3. The molecule has 1 heterocycles. The normalized spacial score (nSPS) is 11.1. The van der Waals surface area contributed by atoms with E-state index in [1.807, 2.05) is 5.43 Å². The van der Waals surface area contributed by atoms with Crippen LogP contribution in [0.25, 0.3) is 0 Å². The summed E-state index contributed by atoms with van der Waals surface area (Å²) in [6.45, 7) is 0.143. The van der Waals surface area contributed by atoms with Crippen molar-refractivity contribution < 1.29 is 18.0 Å². The summed E-state index contributed by atoms with van der Waals surface area (Å²) in [4.78, 5) is 15.4. The Morgan fingerprint density at radius 3 is 2.68 bits per heavy atom. The first-order valence-electron chi connectivity index (χ1n) is 6.27. The van der Waals surface area contributed by atoms with Crippen molar-refractivity contribution in [3.63, 3.8) is 0 Å². The van der Waals surface area contributed by atoms with E-state index in [2.05, 4.69) is 10.3 Å². The van der Waals surface area contributed by atoms with Gasteiger partial charge in [-0.05, 0) is 29.8 Å². The Bertz CT molecular complexity index is 673. The number of hydrogen-bond acceptors (Lipinski definition) is 4. The molecule has 2 rings (SSSR count). The molecule has 0 unspecified atom stereocenters. The van der Waals surface area contributed by atoms with E-state index in [1.54, 1.807) is 6.07 Å². The zero-order valence-electron chi connectivity index (χ0n) is 11.3. The molecule has 0 bridgehead atoms. The van der Waals surface area contributed by atoms with Gasteiger partial charge in [0.05, 0.1) is 5.56 Å². The van der Waals surface area contributed by atoms with Crippen LogP contribution in [-0.2, 0) is 12.7 Å². The summed E-state index contributed by atoms with van der Waals surface area (Å²) in [6, 6.07) is 7.90. The van der Waals surface area contributed by atoms with Crippen LogP contribution in [0.1, 0.15) is 21.5 Å². The lowest BCUT2D eigenvalue weighted by atomic mass is 10.1. The lowest BCUT2D eigenvalue weighted by Crippen LogP contribution is -2.30. The third-order valence-corrected chi connectivity index (χ3v) is 2.88. The lowest BCUT2D eigenvalue weighted by Gasteiger charge is -2.10. The van der Waals surface area contributed by atoms with Crippen molar-refractivity contribution >= 4 is 11.7 Å². The molecule has 0 aliphatic carbocycles. The van der Waals surface area contributed by atoms with Crippen LogP contribution in [0.3, 0.4) is 0 Å². The van der Waals surface area contributed by atoms with Gasteiger partial charge in [-0.25, -0.2) is 10.8 Å². The summed E-state index contributed by atoms with van der Waals surface area (Å²) in [5.74, 6) is 4.91. The number of hydrazine groups is 1. The minimum Gasteiger partial charge on any atom is -0.366 e. The molecule has 2 aromatic rings. The predicted molar refractivity (Wildman–Crippen MR) is 74.7 cm³/mol. The maximum absolute atomic E-state index is 12.6. The second kappa shape index (κ2) is 6.44. The smallest absolute Gasteiger partial charge is 0.366 e. The molecule has 4 N–H and O–H groups in total. The standard InChI is InChI=1S/C14H13F3N4O/c15-14(16,17)11-3-1-2-9(6-11)8-20-12-7-10(4-5-19-12)13(22)21-18/h1-7H,8,18H2,(H,19,20)(H,21,22). The number of rotatable bonds is 4. The number of aromatic nitrogens is 1. The van der Waals surface area contributed by atoms with Crippen molar-refractivity contribution in [3.05, 3.63) is 59.3 Å². The summed E-state index contributed by atoms with van der Waals surface area (Å²) < 4.78 is 37.9. The highest BCUT2D eigenvalue weighted by molar-refractivity contribution is 5.94. The topological polar surface area (TPSA) is 80.0 Å². The molecule has 0 aliphatic heterocycles. The molecule has 0 fully saturated rings. The van der Waals surface area contributed by atoms with E-state index in [0.29, 0.717) is 16.9 Å². The molecular formula is C14H13F3N4O. The van der Waals surface area contributed by atoms with Crippen molar-refractivity contribution in [1.82, 2.24) is 10.4 Å². The number of nitrogen functional groups attached to an aromatic ring is 1. The van der Waals surface area contributed by atoms with Gasteiger partial charge in [-0.3, -0.25) is 10.2 Å². The highest BCUT2D eigenvalue weighted by Crippen LogP contribution is 2.29. The van der Waals surface area contributed by atoms with Crippen molar-refractivity contribution in [1.29, 1.82) is 0 Å². The third kappa shape index (κ3) is 3.95. The van der Waals surface area contributed by atoms with Crippen molar-refractivity contribution in [2.24, 2.45) is 5.84 Å². The number of nitrogens with one attached hydrogen (secondary N) is 2. The summed E-state index contributed by atoms with van der Waals surface area (Å²) in [5.41, 5.74) is 2.02. The minimum atomic E-state index is -4.38. The molecule has 0 saturated carbocycles. The van der Waals surface area contributed by atoms with Crippen LogP contribution in [0.4, 0.5) is 19.0 Å². The number of benzene rings is 1. The van der Waals surface area contributed by atoms with Gasteiger partial charge in [0.25, 0.3) is 5.91 Å². The maximum atomic E-state index is 12.6. The van der Waals surface area contributed by atoms with Gasteiger partial charge in [0, 0.05) is 18.3 Å². The molecule has 5 nitrogen and oxygen atoms in total. The van der Waals surface area contributed by atoms with E-state index in [-0.39, 0.29) is 6.54 Å². The van der Waals surface area contributed by atoms with Gasteiger partial charge in [0.1, 0.15) is 5.82 Å². The zero-order chi connectivity index (χ0) is 16.2. The summed E-state index contributed by atoms with van der Waals surface area (Å²) in [5, 5.41) is 2.86. The third-order valence-electron chi connectivity index (χ3n) is 2.88. The molecule has 1 aromatic carbocycles. The SMILES string of the molecule is NNC(=O)c1ccnc(NCc2cccc(C(F)(F)F)c2)c1. The number of amides is 1. The Kier molecular flexibility index (Phi) is 4.62. The van der Waals surface area contributed by atoms with Crippen molar-refractivity contribution in [2.75, 3.05) is 5.32 Å². The van der Waals surface area contributed by atoms with Crippen LogP contribution < -0.4 is 16.6 Å². The second-order valence-electron chi connectivity index (χ2n) is 4.45. The molecule has 0 radical (unpaired) electrons. The Balaban J connectivity index is 2.09. The molecule has 0 saturated heterocycles. The number of nitrogens with two attached hydrogens (primary N) is 1. The van der Waals surface area contributed by atoms with Gasteiger partial charge in [-0.15, -0.1) is 0 Å². The lowest BCUT2D eigenvalue weighted by molar-refractivity contribution is -0.137. The monoisotopic (exact) mass is 310 g/mol. The Labute approximate surface area is 124 Å². The highest BCUT2D eigenvalue weighted by atomic mass is 19.4. The summed E-state index contributed by atoms with van der Waals surface area (Å²) in [6.07, 6.45) is -2.98. The molecule has 22 heavy (non-hydrogen) atoms. The second-order valence-corrected chi connectivity index (χ2v) is 4.45. The molecule has 0 aliphatic rings. The van der Waals surface area contributed by atoms with E-state index in [4.69, 9.17) is 5.84 Å². The van der Waals surface area contributed by atoms with Gasteiger partial charge in [-0.2, -0.15) is 13.2 Å². The quantitative estimate of drug-likeness (QED) is 0.460. The maximum Gasteiger partial charge on any atom is 0.416 e. The van der Waals surface area contributed by atoms with Crippen molar-refractivity contribution in [2.45, 2.75) is 12.7 Å². The fourth-order valence-corrected chi connectivity index (χ4v) is 1.80. The molecule has 8 heteroatoms. The first-order valence-corrected chi connectivity index (χ1v) is 6.27. The van der Waals surface area contributed by atoms with Gasteiger partial charge in [-0.1, -0.05) is 12.1 Å². The molecule has 1 amide bonds. The Morgan fingerprint density at radius 1 is 1.23 bits per heavy atom. The first kappa shape index (κ1) is 15.8. The predicted octanol–water partition coefficient (Wildman–Crippen LogP) is 2.32. The number of pyridine rings is 1. The van der Waals surface area contributed by atoms with E-state index in [9.17, 15) is 18.0 Å². The van der Waals surface area contributed by atoms with Gasteiger partial charge in [0.2, 0.25) is 0 Å². The number of alkyl halides is 3. The fourth-order valence-electron chi connectivity index (χ4n) is 1.80. The van der Waals surface area contributed by atoms with E-state index < -0.39 is 17.6 Å². The van der Waals surface area contributed by atoms with Gasteiger partial charge >= 0.3 is 6.18 Å². The molecular weight excluding hydrogens is 297 g/mol. The summed E-state index contributed by atoms with van der Waals surface area (Å²) >= 11 is 0. The van der Waals surface area contributed by atoms with E-state index >= 15 is 0 Å². The van der Waals surface area contributed by atoms with Gasteiger partial charge in [0.15, 0.2) is 0 Å². The van der Waals surface area contributed by atoms with Gasteiger partial charge < -0.3 is 5.32 Å². The van der Waals surface area contributed by atoms with Crippen LogP contribution in [0.2, 0.25) is 0 Å². The van der Waals surface area contributed by atoms with Crippen LogP contribution in [0.15, 0.2) is 42.6 Å². The Morgan fingerprint density at radius 2 is 2.00 bits per heavy atom. The molecule has 1 aromatic heterocycles. The van der Waals surface area contributed by atoms with Crippen LogP contribution >= 0.6 is 0 Å². The van der Waals surface area contributed by atoms with E-state index in [0.717, 1.165) is 12.1 Å². The van der Waals surface area contributed by atoms with Crippen molar-refractivity contribution in [3.8, 4) is 0 Å². The number of anilines is 1.